The highest BCUT2D eigenvalue weighted by Crippen LogP contribution is 2.17. The second-order valence-electron chi connectivity index (χ2n) is 7.35. The number of likely N-dealkylation sites (tertiary alicyclic amines) is 1. The maximum Gasteiger partial charge on any atom is 0.241 e. The number of hydrogen-bond acceptors (Lipinski definition) is 5. The quantitative estimate of drug-likeness (QED) is 0.295. The summed E-state index contributed by atoms with van der Waals surface area (Å²) < 4.78 is 5.44. The maximum atomic E-state index is 12.0. The zero-order valence-corrected chi connectivity index (χ0v) is 20.8. The van der Waals surface area contributed by atoms with Crippen molar-refractivity contribution in [2.45, 2.75) is 59.0 Å². The Morgan fingerprint density at radius 2 is 2.03 bits per heavy atom. The van der Waals surface area contributed by atoms with Crippen molar-refractivity contribution in [1.82, 2.24) is 25.6 Å². The Morgan fingerprint density at radius 1 is 1.28 bits per heavy atom. The number of carbonyl (C=O) groups is 1. The molecule has 8 nitrogen and oxygen atoms in total. The van der Waals surface area contributed by atoms with Gasteiger partial charge in [0.25, 0.3) is 0 Å². The summed E-state index contributed by atoms with van der Waals surface area (Å²) in [6.07, 6.45) is 4.04. The second kappa shape index (κ2) is 13.0. The van der Waals surface area contributed by atoms with Crippen LogP contribution in [0, 0.1) is 0 Å². The van der Waals surface area contributed by atoms with E-state index >= 15 is 0 Å². The van der Waals surface area contributed by atoms with Crippen molar-refractivity contribution in [3.63, 3.8) is 0 Å². The molecule has 0 saturated carbocycles. The molecule has 29 heavy (non-hydrogen) atoms. The highest BCUT2D eigenvalue weighted by atomic mass is 127. The first-order chi connectivity index (χ1) is 13.5. The van der Waals surface area contributed by atoms with Gasteiger partial charge in [-0.2, -0.15) is 0 Å². The van der Waals surface area contributed by atoms with E-state index in [1.54, 1.807) is 19.0 Å². The predicted molar refractivity (Wildman–Crippen MR) is 127 cm³/mol. The number of likely N-dealkylation sites (N-methyl/N-ethyl adjacent to an activating group) is 2. The number of amides is 1. The summed E-state index contributed by atoms with van der Waals surface area (Å²) in [4.78, 5) is 20.8. The van der Waals surface area contributed by atoms with Crippen molar-refractivity contribution in [2.24, 2.45) is 4.99 Å². The van der Waals surface area contributed by atoms with Crippen LogP contribution in [0.5, 0.6) is 0 Å². The smallest absolute Gasteiger partial charge is 0.241 e. The molecule has 1 amide bonds. The summed E-state index contributed by atoms with van der Waals surface area (Å²) in [7, 11) is 3.51. The molecule has 1 fully saturated rings. The van der Waals surface area contributed by atoms with Crippen LogP contribution in [-0.4, -0.2) is 73.1 Å². The van der Waals surface area contributed by atoms with Gasteiger partial charge in [0.2, 0.25) is 5.91 Å². The van der Waals surface area contributed by atoms with E-state index in [9.17, 15) is 4.79 Å². The zero-order chi connectivity index (χ0) is 20.5. The lowest BCUT2D eigenvalue weighted by molar-refractivity contribution is -0.127. The van der Waals surface area contributed by atoms with E-state index in [-0.39, 0.29) is 36.4 Å². The summed E-state index contributed by atoms with van der Waals surface area (Å²) >= 11 is 0. The van der Waals surface area contributed by atoms with E-state index in [0.29, 0.717) is 18.5 Å². The summed E-state index contributed by atoms with van der Waals surface area (Å²) in [6.45, 7) is 10.1. The highest BCUT2D eigenvalue weighted by Gasteiger charge is 2.23. The van der Waals surface area contributed by atoms with Crippen LogP contribution in [0.3, 0.4) is 0 Å². The van der Waals surface area contributed by atoms with Gasteiger partial charge in [-0.1, -0.05) is 25.9 Å². The normalized spacial score (nSPS) is 17.1. The SMILES string of the molecule is CCc1noc(CC)c1CN=C(NCC(=O)N(C)C)NCC1CCCN1CC.I. The van der Waals surface area contributed by atoms with Crippen LogP contribution in [0.1, 0.15) is 50.6 Å². The van der Waals surface area contributed by atoms with Gasteiger partial charge in [-0.15, -0.1) is 24.0 Å². The molecule has 1 unspecified atom stereocenters. The van der Waals surface area contributed by atoms with E-state index < -0.39 is 0 Å². The minimum Gasteiger partial charge on any atom is -0.361 e. The number of guanidine groups is 1. The lowest BCUT2D eigenvalue weighted by atomic mass is 10.1. The molecule has 0 aliphatic carbocycles. The summed E-state index contributed by atoms with van der Waals surface area (Å²) in [5, 5.41) is 10.8. The van der Waals surface area contributed by atoms with E-state index in [4.69, 9.17) is 9.52 Å². The molecule has 1 atom stereocenters. The first-order valence-corrected chi connectivity index (χ1v) is 10.4. The van der Waals surface area contributed by atoms with Crippen LogP contribution < -0.4 is 10.6 Å². The molecule has 1 aliphatic rings. The molecule has 2 heterocycles. The monoisotopic (exact) mass is 520 g/mol. The van der Waals surface area contributed by atoms with Gasteiger partial charge in [-0.05, 0) is 32.4 Å². The molecule has 0 aromatic carbocycles. The molecule has 0 bridgehead atoms. The van der Waals surface area contributed by atoms with E-state index in [1.165, 1.54) is 12.8 Å². The first kappa shape index (κ1) is 25.7. The van der Waals surface area contributed by atoms with Crippen LogP contribution >= 0.6 is 24.0 Å². The van der Waals surface area contributed by atoms with Crippen LogP contribution in [0.4, 0.5) is 0 Å². The van der Waals surface area contributed by atoms with Gasteiger partial charge >= 0.3 is 0 Å². The molecule has 0 radical (unpaired) electrons. The first-order valence-electron chi connectivity index (χ1n) is 10.4. The van der Waals surface area contributed by atoms with Gasteiger partial charge in [0, 0.05) is 38.7 Å². The molecule has 1 aromatic rings. The van der Waals surface area contributed by atoms with Crippen LogP contribution in [0.2, 0.25) is 0 Å². The highest BCUT2D eigenvalue weighted by molar-refractivity contribution is 14.0. The van der Waals surface area contributed by atoms with Gasteiger partial charge < -0.3 is 20.1 Å². The van der Waals surface area contributed by atoms with Crippen molar-refractivity contribution >= 4 is 35.8 Å². The minimum absolute atomic E-state index is 0. The third-order valence-electron chi connectivity index (χ3n) is 5.32. The number of aryl methyl sites for hydroxylation is 2. The van der Waals surface area contributed by atoms with E-state index in [2.05, 4.69) is 41.5 Å². The van der Waals surface area contributed by atoms with Gasteiger partial charge in [-0.3, -0.25) is 9.69 Å². The fraction of sp³-hybridized carbons (Fsp3) is 0.750. The molecule has 1 aromatic heterocycles. The number of carbonyl (C=O) groups excluding carboxylic acids is 1. The van der Waals surface area contributed by atoms with Gasteiger partial charge in [0.05, 0.1) is 18.8 Å². The summed E-state index contributed by atoms with van der Waals surface area (Å²) in [5.41, 5.74) is 2.01. The topological polar surface area (TPSA) is 86.0 Å². The largest absolute Gasteiger partial charge is 0.361 e. The number of nitrogens with one attached hydrogen (secondary N) is 2. The zero-order valence-electron chi connectivity index (χ0n) is 18.5. The van der Waals surface area contributed by atoms with Crippen molar-refractivity contribution in [2.75, 3.05) is 40.3 Å². The van der Waals surface area contributed by atoms with Gasteiger partial charge in [0.15, 0.2) is 5.96 Å². The molecule has 2 rings (SSSR count). The van der Waals surface area contributed by atoms with Gasteiger partial charge in [0.1, 0.15) is 5.76 Å². The lowest BCUT2D eigenvalue weighted by Crippen LogP contribution is -2.47. The minimum atomic E-state index is 0. The molecular weight excluding hydrogens is 483 g/mol. The summed E-state index contributed by atoms with van der Waals surface area (Å²) in [6, 6.07) is 0.509. The molecule has 1 saturated heterocycles. The Morgan fingerprint density at radius 3 is 2.66 bits per heavy atom. The Kier molecular flexibility index (Phi) is 11.6. The van der Waals surface area contributed by atoms with E-state index in [0.717, 1.165) is 49.5 Å². The Hall–Kier alpha value is -1.36. The third kappa shape index (κ3) is 7.44. The van der Waals surface area contributed by atoms with E-state index in [1.807, 2.05) is 0 Å². The lowest BCUT2D eigenvalue weighted by Gasteiger charge is -2.24. The average molecular weight is 520 g/mol. The van der Waals surface area contributed by atoms with Crippen molar-refractivity contribution in [3.8, 4) is 0 Å². The number of aliphatic imine (C=N–C) groups is 1. The number of hydrogen-bond donors (Lipinski definition) is 2. The molecular formula is C20H37IN6O2. The Bertz CT molecular complexity index is 640. The standard InChI is InChI=1S/C20H36N6O2.HI/c1-6-17-16(18(7-2)28-24-17)13-22-20(23-14-19(27)25(4)5)21-12-15-10-9-11-26(15)8-3;/h15H,6-14H2,1-5H3,(H2,21,22,23);1H. The van der Waals surface area contributed by atoms with Crippen LogP contribution in [-0.2, 0) is 24.2 Å². The second-order valence-corrected chi connectivity index (χ2v) is 7.35. The van der Waals surface area contributed by atoms with Crippen molar-refractivity contribution in [1.29, 1.82) is 0 Å². The van der Waals surface area contributed by atoms with Crippen molar-refractivity contribution in [3.05, 3.63) is 17.0 Å². The Balaban J connectivity index is 0.00000420. The molecule has 1 aliphatic heterocycles. The third-order valence-corrected chi connectivity index (χ3v) is 5.32. The van der Waals surface area contributed by atoms with Crippen LogP contribution in [0.15, 0.2) is 9.52 Å². The predicted octanol–water partition coefficient (Wildman–Crippen LogP) is 2.03. The molecule has 0 spiro atoms. The Labute approximate surface area is 191 Å². The number of nitrogens with zero attached hydrogens (tertiary/aromatic N) is 4. The number of rotatable bonds is 9. The fourth-order valence-electron chi connectivity index (χ4n) is 3.52. The average Bonchev–Trinajstić information content (AvgIpc) is 3.32. The fourth-order valence-corrected chi connectivity index (χ4v) is 3.52. The maximum absolute atomic E-state index is 12.0. The molecule has 9 heteroatoms. The van der Waals surface area contributed by atoms with Crippen molar-refractivity contribution < 1.29 is 9.32 Å². The number of halogens is 1. The summed E-state index contributed by atoms with van der Waals surface area (Å²) in [5.74, 6) is 1.56. The van der Waals surface area contributed by atoms with Gasteiger partial charge in [-0.25, -0.2) is 4.99 Å². The number of aromatic nitrogens is 1. The molecule has 166 valence electrons. The molecule has 2 N–H and O–H groups in total. The van der Waals surface area contributed by atoms with Crippen LogP contribution in [0.25, 0.3) is 0 Å².